The second kappa shape index (κ2) is 9.60. The summed E-state index contributed by atoms with van der Waals surface area (Å²) in [5.41, 5.74) is 3.01. The number of amides is 1. The molecule has 1 amide bonds. The van der Waals surface area contributed by atoms with Crippen molar-refractivity contribution in [3.05, 3.63) is 90.0 Å². The van der Waals surface area contributed by atoms with E-state index in [-0.39, 0.29) is 5.91 Å². The Balaban J connectivity index is 1.76. The highest BCUT2D eigenvalue weighted by molar-refractivity contribution is 5.93. The van der Waals surface area contributed by atoms with Crippen LogP contribution in [0.25, 0.3) is 0 Å². The van der Waals surface area contributed by atoms with Crippen molar-refractivity contribution in [2.45, 2.75) is 19.4 Å². The van der Waals surface area contributed by atoms with Crippen LogP contribution in [-0.2, 0) is 17.8 Å². The van der Waals surface area contributed by atoms with Gasteiger partial charge in [-0.1, -0.05) is 48.5 Å². The molecule has 0 bridgehead atoms. The molecule has 0 aromatic heterocycles. The lowest BCUT2D eigenvalue weighted by Crippen LogP contribution is -2.30. The molecule has 0 atom stereocenters. The highest BCUT2D eigenvalue weighted by Gasteiger charge is 2.16. The van der Waals surface area contributed by atoms with Gasteiger partial charge in [-0.2, -0.15) is 0 Å². The summed E-state index contributed by atoms with van der Waals surface area (Å²) in [4.78, 5) is 14.9. The quantitative estimate of drug-likeness (QED) is 0.564. The molecule has 144 valence electrons. The van der Waals surface area contributed by atoms with Crippen molar-refractivity contribution in [3.63, 3.8) is 0 Å². The Bertz CT molecular complexity index is 872. The van der Waals surface area contributed by atoms with Crippen molar-refractivity contribution in [1.82, 2.24) is 0 Å². The van der Waals surface area contributed by atoms with E-state index in [1.165, 1.54) is 0 Å². The first-order valence-corrected chi connectivity index (χ1v) is 9.31. The number of carbonyl (C=O) groups excluding carboxylic acids is 1. The highest BCUT2D eigenvalue weighted by Crippen LogP contribution is 2.24. The Morgan fingerprint density at radius 2 is 1.36 bits per heavy atom. The van der Waals surface area contributed by atoms with Crippen molar-refractivity contribution < 1.29 is 14.3 Å². The van der Waals surface area contributed by atoms with E-state index in [1.54, 1.807) is 14.2 Å². The number of methoxy groups -OCH3 is 2. The van der Waals surface area contributed by atoms with Crippen LogP contribution >= 0.6 is 0 Å². The number of rotatable bonds is 8. The Kier molecular flexibility index (Phi) is 6.68. The van der Waals surface area contributed by atoms with Crippen LogP contribution in [0, 0.1) is 0 Å². The third-order valence-corrected chi connectivity index (χ3v) is 4.59. The van der Waals surface area contributed by atoms with Gasteiger partial charge in [-0.3, -0.25) is 4.79 Å². The molecule has 0 unspecified atom stereocenters. The zero-order valence-corrected chi connectivity index (χ0v) is 16.3. The molecule has 0 fully saturated rings. The molecule has 4 heteroatoms. The van der Waals surface area contributed by atoms with Crippen LogP contribution in [-0.4, -0.2) is 20.1 Å². The molecule has 0 aliphatic heterocycles. The fraction of sp³-hybridized carbons (Fsp3) is 0.208. The summed E-state index contributed by atoms with van der Waals surface area (Å²) in [5.74, 6) is 1.54. The van der Waals surface area contributed by atoms with E-state index in [0.717, 1.165) is 28.3 Å². The van der Waals surface area contributed by atoms with Gasteiger partial charge in [-0.25, -0.2) is 0 Å². The average molecular weight is 375 g/mol. The van der Waals surface area contributed by atoms with Gasteiger partial charge < -0.3 is 14.4 Å². The molecule has 0 saturated heterocycles. The van der Waals surface area contributed by atoms with E-state index in [0.29, 0.717) is 19.4 Å². The standard InChI is InChI=1S/C24H25NO3/c1-27-22-15-20(16-23(17-22)28-2)13-14-24(26)25(21-11-7-4-8-12-21)18-19-9-5-3-6-10-19/h3-12,15-17H,13-14,18H2,1-2H3. The third-order valence-electron chi connectivity index (χ3n) is 4.59. The third kappa shape index (κ3) is 5.13. The first kappa shape index (κ1) is 19.5. The first-order valence-electron chi connectivity index (χ1n) is 9.31. The van der Waals surface area contributed by atoms with Gasteiger partial charge in [0, 0.05) is 18.2 Å². The maximum atomic E-state index is 13.1. The number of aryl methyl sites for hydroxylation is 1. The Labute approximate surface area is 166 Å². The fourth-order valence-corrected chi connectivity index (χ4v) is 3.09. The second-order valence-corrected chi connectivity index (χ2v) is 6.52. The molecule has 0 heterocycles. The van der Waals surface area contributed by atoms with Crippen molar-refractivity contribution >= 4 is 11.6 Å². The zero-order valence-electron chi connectivity index (χ0n) is 16.3. The molecule has 0 saturated carbocycles. The number of para-hydroxylation sites is 1. The van der Waals surface area contributed by atoms with Crippen molar-refractivity contribution in [1.29, 1.82) is 0 Å². The van der Waals surface area contributed by atoms with Crippen molar-refractivity contribution in [3.8, 4) is 11.5 Å². The molecular weight excluding hydrogens is 350 g/mol. The molecule has 0 aliphatic carbocycles. The number of benzene rings is 3. The summed E-state index contributed by atoms with van der Waals surface area (Å²) in [7, 11) is 3.25. The van der Waals surface area contributed by atoms with Crippen LogP contribution in [0.1, 0.15) is 17.5 Å². The predicted molar refractivity (Wildman–Crippen MR) is 112 cm³/mol. The summed E-state index contributed by atoms with van der Waals surface area (Å²) < 4.78 is 10.6. The number of anilines is 1. The smallest absolute Gasteiger partial charge is 0.227 e. The average Bonchev–Trinajstić information content (AvgIpc) is 2.76. The lowest BCUT2D eigenvalue weighted by molar-refractivity contribution is -0.118. The molecule has 28 heavy (non-hydrogen) atoms. The summed E-state index contributed by atoms with van der Waals surface area (Å²) >= 11 is 0. The normalized spacial score (nSPS) is 10.4. The van der Waals surface area contributed by atoms with E-state index in [9.17, 15) is 4.79 Å². The molecule has 4 nitrogen and oxygen atoms in total. The number of ether oxygens (including phenoxy) is 2. The van der Waals surface area contributed by atoms with Gasteiger partial charge in [-0.05, 0) is 41.8 Å². The van der Waals surface area contributed by atoms with Gasteiger partial charge in [0.25, 0.3) is 0 Å². The minimum atomic E-state index is 0.0804. The van der Waals surface area contributed by atoms with Gasteiger partial charge in [0.1, 0.15) is 11.5 Å². The maximum absolute atomic E-state index is 13.1. The van der Waals surface area contributed by atoms with Gasteiger partial charge >= 0.3 is 0 Å². The van der Waals surface area contributed by atoms with Crippen LogP contribution in [0.3, 0.4) is 0 Å². The maximum Gasteiger partial charge on any atom is 0.227 e. The van der Waals surface area contributed by atoms with Crippen molar-refractivity contribution in [2.75, 3.05) is 19.1 Å². The Morgan fingerprint density at radius 1 is 0.786 bits per heavy atom. The number of hydrogen-bond acceptors (Lipinski definition) is 3. The largest absolute Gasteiger partial charge is 0.497 e. The fourth-order valence-electron chi connectivity index (χ4n) is 3.09. The summed E-state index contributed by atoms with van der Waals surface area (Å²) in [5, 5.41) is 0. The van der Waals surface area contributed by atoms with E-state index in [1.807, 2.05) is 83.8 Å². The van der Waals surface area contributed by atoms with E-state index in [2.05, 4.69) is 0 Å². The summed E-state index contributed by atoms with van der Waals surface area (Å²) in [6.07, 6.45) is 1.02. The topological polar surface area (TPSA) is 38.8 Å². The van der Waals surface area contributed by atoms with Gasteiger partial charge in [-0.15, -0.1) is 0 Å². The SMILES string of the molecule is COc1cc(CCC(=O)N(Cc2ccccc2)c2ccccc2)cc(OC)c1. The molecule has 0 spiro atoms. The Morgan fingerprint density at radius 3 is 1.93 bits per heavy atom. The minimum Gasteiger partial charge on any atom is -0.497 e. The minimum absolute atomic E-state index is 0.0804. The molecular formula is C24H25NO3. The molecule has 0 aliphatic rings. The van der Waals surface area contributed by atoms with Crippen molar-refractivity contribution in [2.24, 2.45) is 0 Å². The molecule has 0 N–H and O–H groups in total. The van der Waals surface area contributed by atoms with Gasteiger partial charge in [0.05, 0.1) is 20.8 Å². The number of carbonyl (C=O) groups is 1. The van der Waals surface area contributed by atoms with E-state index >= 15 is 0 Å². The van der Waals surface area contributed by atoms with Gasteiger partial charge in [0.15, 0.2) is 0 Å². The Hall–Kier alpha value is -3.27. The molecule has 3 aromatic carbocycles. The molecule has 3 rings (SSSR count). The van der Waals surface area contributed by atoms with Crippen LogP contribution in [0.4, 0.5) is 5.69 Å². The molecule has 0 radical (unpaired) electrons. The van der Waals surface area contributed by atoms with E-state index < -0.39 is 0 Å². The summed E-state index contributed by atoms with van der Waals surface area (Å²) in [6.45, 7) is 0.547. The highest BCUT2D eigenvalue weighted by atomic mass is 16.5. The first-order chi connectivity index (χ1) is 13.7. The second-order valence-electron chi connectivity index (χ2n) is 6.52. The lowest BCUT2D eigenvalue weighted by atomic mass is 10.1. The summed E-state index contributed by atoms with van der Waals surface area (Å²) in [6, 6.07) is 25.6. The van der Waals surface area contributed by atoms with Gasteiger partial charge in [0.2, 0.25) is 5.91 Å². The lowest BCUT2D eigenvalue weighted by Gasteiger charge is -2.23. The van der Waals surface area contributed by atoms with E-state index in [4.69, 9.17) is 9.47 Å². The number of nitrogens with zero attached hydrogens (tertiary/aromatic N) is 1. The predicted octanol–water partition coefficient (Wildman–Crippen LogP) is 4.87. The molecule has 3 aromatic rings. The monoisotopic (exact) mass is 375 g/mol. The van der Waals surface area contributed by atoms with Crippen LogP contribution in [0.15, 0.2) is 78.9 Å². The number of hydrogen-bond donors (Lipinski definition) is 0. The van der Waals surface area contributed by atoms with Crippen LogP contribution in [0.5, 0.6) is 11.5 Å². The zero-order chi connectivity index (χ0) is 19.8. The van der Waals surface area contributed by atoms with Crippen LogP contribution in [0.2, 0.25) is 0 Å². The van der Waals surface area contributed by atoms with Crippen LogP contribution < -0.4 is 14.4 Å².